The van der Waals surface area contributed by atoms with Crippen molar-refractivity contribution in [2.45, 2.75) is 6.92 Å². The smallest absolute Gasteiger partial charge is 0.249 e. The molecule has 2 N–H and O–H groups in total. The highest BCUT2D eigenvalue weighted by atomic mass is 35.5. The number of benzene rings is 2. The summed E-state index contributed by atoms with van der Waals surface area (Å²) in [7, 11) is 1.62. The number of halogens is 1. The molecule has 0 bridgehead atoms. The number of rotatable bonds is 5. The van der Waals surface area contributed by atoms with Gasteiger partial charge in [0.15, 0.2) is 5.82 Å². The molecule has 3 aromatic rings. The maximum Gasteiger partial charge on any atom is 0.249 e. The molecule has 0 amide bonds. The van der Waals surface area contributed by atoms with E-state index in [1.165, 1.54) is 0 Å². The van der Waals surface area contributed by atoms with E-state index in [-0.39, 0.29) is 0 Å². The minimum atomic E-state index is 0.381. The van der Waals surface area contributed by atoms with Crippen molar-refractivity contribution in [3.8, 4) is 5.75 Å². The summed E-state index contributed by atoms with van der Waals surface area (Å²) in [6.45, 7) is 1.95. The summed E-state index contributed by atoms with van der Waals surface area (Å²) in [6, 6.07) is 13.2. The third-order valence-electron chi connectivity index (χ3n) is 3.33. The molecule has 3 rings (SSSR count). The molecular weight excluding hydrogens is 326 g/mol. The fourth-order valence-electron chi connectivity index (χ4n) is 2.07. The van der Waals surface area contributed by atoms with Gasteiger partial charge in [-0.05, 0) is 36.8 Å². The summed E-state index contributed by atoms with van der Waals surface area (Å²) in [5.74, 6) is 1.69. The van der Waals surface area contributed by atoms with Crippen LogP contribution in [0.4, 0.5) is 23.1 Å². The molecule has 0 saturated carbocycles. The number of hydrogen-bond donors (Lipinski definition) is 2. The fraction of sp³-hybridized carbons (Fsp3) is 0.118. The summed E-state index contributed by atoms with van der Waals surface area (Å²) in [4.78, 5) is 4.39. The lowest BCUT2D eigenvalue weighted by atomic mass is 10.2. The lowest BCUT2D eigenvalue weighted by molar-refractivity contribution is 0.415. The van der Waals surface area contributed by atoms with Crippen molar-refractivity contribution in [3.05, 3.63) is 59.2 Å². The van der Waals surface area contributed by atoms with Gasteiger partial charge in [-0.3, -0.25) is 0 Å². The topological polar surface area (TPSA) is 72.0 Å². The van der Waals surface area contributed by atoms with Gasteiger partial charge in [0, 0.05) is 22.5 Å². The van der Waals surface area contributed by atoms with Gasteiger partial charge >= 0.3 is 0 Å². The Bertz CT molecular complexity index is 856. The average molecular weight is 342 g/mol. The molecule has 0 atom stereocenters. The SMILES string of the molecule is COc1cccc(Nc2nncc(Nc3ccc(C)c(Cl)c3)n2)c1. The minimum Gasteiger partial charge on any atom is -0.497 e. The van der Waals surface area contributed by atoms with Crippen LogP contribution in [0.25, 0.3) is 0 Å². The molecule has 6 nitrogen and oxygen atoms in total. The summed E-state index contributed by atoms with van der Waals surface area (Å²) in [6.07, 6.45) is 1.55. The van der Waals surface area contributed by atoms with E-state index in [1.807, 2.05) is 49.4 Å². The highest BCUT2D eigenvalue weighted by Gasteiger charge is 2.04. The van der Waals surface area contributed by atoms with Crippen molar-refractivity contribution in [3.63, 3.8) is 0 Å². The van der Waals surface area contributed by atoms with Gasteiger partial charge in [0.2, 0.25) is 5.95 Å². The van der Waals surface area contributed by atoms with Crippen molar-refractivity contribution < 1.29 is 4.74 Å². The zero-order chi connectivity index (χ0) is 16.9. The number of nitrogens with zero attached hydrogens (tertiary/aromatic N) is 3. The largest absolute Gasteiger partial charge is 0.497 e. The molecule has 0 aliphatic rings. The Balaban J connectivity index is 1.77. The molecule has 0 aliphatic carbocycles. The van der Waals surface area contributed by atoms with Crippen LogP contribution in [0.5, 0.6) is 5.75 Å². The van der Waals surface area contributed by atoms with Crippen LogP contribution in [0.15, 0.2) is 48.7 Å². The molecule has 0 fully saturated rings. The Morgan fingerprint density at radius 3 is 2.67 bits per heavy atom. The molecule has 0 radical (unpaired) electrons. The Hall–Kier alpha value is -2.86. The normalized spacial score (nSPS) is 10.3. The number of nitrogens with one attached hydrogen (secondary N) is 2. The lowest BCUT2D eigenvalue weighted by Gasteiger charge is -2.09. The first kappa shape index (κ1) is 16.0. The van der Waals surface area contributed by atoms with Gasteiger partial charge in [-0.2, -0.15) is 10.1 Å². The number of ether oxygens (including phenoxy) is 1. The molecule has 0 aliphatic heterocycles. The summed E-state index contributed by atoms with van der Waals surface area (Å²) < 4.78 is 5.19. The molecule has 122 valence electrons. The monoisotopic (exact) mass is 341 g/mol. The minimum absolute atomic E-state index is 0.381. The van der Waals surface area contributed by atoms with E-state index >= 15 is 0 Å². The van der Waals surface area contributed by atoms with Crippen molar-refractivity contribution >= 4 is 34.7 Å². The van der Waals surface area contributed by atoms with Crippen LogP contribution in [0, 0.1) is 6.92 Å². The van der Waals surface area contributed by atoms with Crippen LogP contribution < -0.4 is 15.4 Å². The average Bonchev–Trinajstić information content (AvgIpc) is 2.59. The van der Waals surface area contributed by atoms with E-state index < -0.39 is 0 Å². The van der Waals surface area contributed by atoms with Crippen LogP contribution in [-0.2, 0) is 0 Å². The van der Waals surface area contributed by atoms with Gasteiger partial charge in [-0.25, -0.2) is 0 Å². The first-order chi connectivity index (χ1) is 11.6. The van der Waals surface area contributed by atoms with Crippen LogP contribution in [0.2, 0.25) is 5.02 Å². The summed E-state index contributed by atoms with van der Waals surface area (Å²) >= 11 is 6.13. The van der Waals surface area contributed by atoms with E-state index in [0.29, 0.717) is 16.8 Å². The quantitative estimate of drug-likeness (QED) is 0.719. The van der Waals surface area contributed by atoms with Crippen molar-refractivity contribution in [2.75, 3.05) is 17.7 Å². The third-order valence-corrected chi connectivity index (χ3v) is 3.74. The number of anilines is 4. The van der Waals surface area contributed by atoms with Crippen LogP contribution in [-0.4, -0.2) is 22.3 Å². The zero-order valence-corrected chi connectivity index (χ0v) is 14.0. The molecule has 7 heteroatoms. The van der Waals surface area contributed by atoms with Gasteiger partial charge in [-0.15, -0.1) is 5.10 Å². The number of aromatic nitrogens is 3. The first-order valence-electron chi connectivity index (χ1n) is 7.28. The van der Waals surface area contributed by atoms with E-state index in [4.69, 9.17) is 16.3 Å². The molecule has 2 aromatic carbocycles. The van der Waals surface area contributed by atoms with Gasteiger partial charge in [0.05, 0.1) is 13.3 Å². The lowest BCUT2D eigenvalue weighted by Crippen LogP contribution is -2.02. The number of aryl methyl sites for hydroxylation is 1. The molecule has 0 saturated heterocycles. The molecule has 1 heterocycles. The number of hydrogen-bond acceptors (Lipinski definition) is 6. The van der Waals surface area contributed by atoms with Crippen LogP contribution in [0.1, 0.15) is 5.56 Å². The van der Waals surface area contributed by atoms with Gasteiger partial charge in [0.1, 0.15) is 5.75 Å². The van der Waals surface area contributed by atoms with Gasteiger partial charge in [-0.1, -0.05) is 23.7 Å². The second kappa shape index (κ2) is 7.14. The highest BCUT2D eigenvalue weighted by molar-refractivity contribution is 6.31. The molecule has 24 heavy (non-hydrogen) atoms. The van der Waals surface area contributed by atoms with E-state index in [1.54, 1.807) is 13.3 Å². The third kappa shape index (κ3) is 3.91. The highest BCUT2D eigenvalue weighted by Crippen LogP contribution is 2.23. The summed E-state index contributed by atoms with van der Waals surface area (Å²) in [5, 5.41) is 14.9. The van der Waals surface area contributed by atoms with Gasteiger partial charge < -0.3 is 15.4 Å². The predicted molar refractivity (Wildman–Crippen MR) is 95.6 cm³/mol. The Morgan fingerprint density at radius 2 is 1.88 bits per heavy atom. The van der Waals surface area contributed by atoms with Crippen LogP contribution >= 0.6 is 11.6 Å². The maximum absolute atomic E-state index is 6.13. The van der Waals surface area contributed by atoms with E-state index in [2.05, 4.69) is 25.8 Å². The molecule has 0 unspecified atom stereocenters. The predicted octanol–water partition coefficient (Wildman–Crippen LogP) is 4.33. The van der Waals surface area contributed by atoms with Crippen molar-refractivity contribution in [1.29, 1.82) is 0 Å². The van der Waals surface area contributed by atoms with E-state index in [0.717, 1.165) is 22.7 Å². The second-order valence-electron chi connectivity index (χ2n) is 5.11. The Morgan fingerprint density at radius 1 is 1.04 bits per heavy atom. The fourth-order valence-corrected chi connectivity index (χ4v) is 2.25. The Labute approximate surface area is 144 Å². The Kier molecular flexibility index (Phi) is 4.77. The molecular formula is C17H16ClN5O. The van der Waals surface area contributed by atoms with Gasteiger partial charge in [0.25, 0.3) is 0 Å². The first-order valence-corrected chi connectivity index (χ1v) is 7.66. The standard InChI is InChI=1S/C17H16ClN5O/c1-11-6-7-13(9-15(11)18)20-16-10-19-23-17(22-16)21-12-4-3-5-14(8-12)24-2/h3-10H,1-2H3,(H2,20,21,22,23). The zero-order valence-electron chi connectivity index (χ0n) is 13.2. The maximum atomic E-state index is 6.13. The van der Waals surface area contributed by atoms with Crippen LogP contribution in [0.3, 0.4) is 0 Å². The summed E-state index contributed by atoms with van der Waals surface area (Å²) in [5.41, 5.74) is 2.66. The van der Waals surface area contributed by atoms with Crippen molar-refractivity contribution in [1.82, 2.24) is 15.2 Å². The number of methoxy groups -OCH3 is 1. The second-order valence-corrected chi connectivity index (χ2v) is 5.52. The van der Waals surface area contributed by atoms with E-state index in [9.17, 15) is 0 Å². The molecule has 0 spiro atoms. The molecule has 1 aromatic heterocycles. The van der Waals surface area contributed by atoms with Crippen molar-refractivity contribution in [2.24, 2.45) is 0 Å².